The maximum absolute atomic E-state index is 9.93. The van der Waals surface area contributed by atoms with E-state index in [4.69, 9.17) is 14.2 Å². The molecule has 1 N–H and O–H groups in total. The highest BCUT2D eigenvalue weighted by molar-refractivity contribution is 5.46. The van der Waals surface area contributed by atoms with E-state index in [0.29, 0.717) is 22.9 Å². The first-order valence-corrected chi connectivity index (χ1v) is 5.94. The van der Waals surface area contributed by atoms with Crippen LogP contribution in [0.3, 0.4) is 0 Å². The lowest BCUT2D eigenvalue weighted by Gasteiger charge is -2.12. The summed E-state index contributed by atoms with van der Waals surface area (Å²) in [6.45, 7) is 0.367. The van der Waals surface area contributed by atoms with E-state index in [1.807, 2.05) is 6.07 Å². The lowest BCUT2D eigenvalue weighted by Crippen LogP contribution is -2.10. The van der Waals surface area contributed by atoms with Crippen molar-refractivity contribution in [2.75, 3.05) is 13.4 Å². The molecule has 2 aromatic rings. The van der Waals surface area contributed by atoms with Crippen LogP contribution in [0.5, 0.6) is 17.2 Å². The van der Waals surface area contributed by atoms with Crippen LogP contribution >= 0.6 is 0 Å². The van der Waals surface area contributed by atoms with Gasteiger partial charge in [-0.15, -0.1) is 0 Å². The van der Waals surface area contributed by atoms with Gasteiger partial charge < -0.3 is 19.3 Å². The molecule has 98 valence electrons. The van der Waals surface area contributed by atoms with Crippen LogP contribution in [0, 0.1) is 0 Å². The minimum Gasteiger partial charge on any atom is -0.490 e. The number of fused-ring (bicyclic) bond motifs is 1. The number of pyridine rings is 1. The fourth-order valence-corrected chi connectivity index (χ4v) is 1.80. The molecular formula is C14H13NO4. The number of hydrogen-bond donors (Lipinski definition) is 1. The zero-order valence-corrected chi connectivity index (χ0v) is 10.2. The Morgan fingerprint density at radius 3 is 2.95 bits per heavy atom. The molecule has 2 heterocycles. The van der Waals surface area contributed by atoms with Crippen LogP contribution < -0.4 is 14.2 Å². The number of aliphatic hydroxyl groups is 1. The summed E-state index contributed by atoms with van der Waals surface area (Å²) in [4.78, 5) is 4.07. The van der Waals surface area contributed by atoms with Crippen molar-refractivity contribution in [2.45, 2.75) is 6.10 Å². The van der Waals surface area contributed by atoms with E-state index in [1.54, 1.807) is 36.5 Å². The fraction of sp³-hybridized carbons (Fsp3) is 0.214. The van der Waals surface area contributed by atoms with Crippen molar-refractivity contribution in [1.29, 1.82) is 0 Å². The van der Waals surface area contributed by atoms with E-state index < -0.39 is 6.10 Å². The molecule has 0 aliphatic carbocycles. The van der Waals surface area contributed by atoms with Gasteiger partial charge in [-0.3, -0.25) is 4.98 Å². The molecule has 5 nitrogen and oxygen atoms in total. The number of ether oxygens (including phenoxy) is 3. The summed E-state index contributed by atoms with van der Waals surface area (Å²) < 4.78 is 16.0. The number of hydrogen-bond acceptors (Lipinski definition) is 5. The van der Waals surface area contributed by atoms with Gasteiger partial charge in [0.1, 0.15) is 18.5 Å². The van der Waals surface area contributed by atoms with E-state index in [-0.39, 0.29) is 13.4 Å². The molecule has 1 aliphatic rings. The Morgan fingerprint density at radius 2 is 2.11 bits per heavy atom. The fourth-order valence-electron chi connectivity index (χ4n) is 1.80. The molecule has 1 atom stereocenters. The Morgan fingerprint density at radius 1 is 1.21 bits per heavy atom. The quantitative estimate of drug-likeness (QED) is 0.909. The molecule has 0 spiro atoms. The molecule has 0 saturated carbocycles. The largest absolute Gasteiger partial charge is 0.490 e. The first-order chi connectivity index (χ1) is 9.33. The topological polar surface area (TPSA) is 60.8 Å². The molecule has 5 heteroatoms. The average Bonchev–Trinajstić information content (AvgIpc) is 2.93. The third-order valence-corrected chi connectivity index (χ3v) is 2.78. The first kappa shape index (κ1) is 11.8. The van der Waals surface area contributed by atoms with E-state index in [1.165, 1.54) is 0 Å². The molecular weight excluding hydrogens is 246 g/mol. The number of aliphatic hydroxyl groups excluding tert-OH is 1. The van der Waals surface area contributed by atoms with E-state index in [2.05, 4.69) is 4.98 Å². The molecule has 3 rings (SSSR count). The summed E-state index contributed by atoms with van der Waals surface area (Å²) in [5.74, 6) is 1.99. The van der Waals surface area contributed by atoms with Gasteiger partial charge in [-0.1, -0.05) is 6.07 Å². The lowest BCUT2D eigenvalue weighted by atomic mass is 10.2. The minimum absolute atomic E-state index is 0.136. The van der Waals surface area contributed by atoms with Gasteiger partial charge in [0.2, 0.25) is 6.79 Å². The molecule has 0 fully saturated rings. The van der Waals surface area contributed by atoms with Crippen molar-refractivity contribution in [3.05, 3.63) is 48.3 Å². The molecule has 0 bridgehead atoms. The van der Waals surface area contributed by atoms with Crippen LogP contribution in [0.2, 0.25) is 0 Å². The predicted octanol–water partition coefficient (Wildman–Crippen LogP) is 1.92. The van der Waals surface area contributed by atoms with Crippen LogP contribution in [-0.2, 0) is 0 Å². The van der Waals surface area contributed by atoms with Crippen LogP contribution in [0.1, 0.15) is 11.8 Å². The lowest BCUT2D eigenvalue weighted by molar-refractivity contribution is 0.104. The summed E-state index contributed by atoms with van der Waals surface area (Å²) in [5.41, 5.74) is 0.586. The Labute approximate surface area is 110 Å². The third-order valence-electron chi connectivity index (χ3n) is 2.78. The zero-order valence-electron chi connectivity index (χ0n) is 10.2. The van der Waals surface area contributed by atoms with E-state index in [9.17, 15) is 5.11 Å². The molecule has 1 unspecified atom stereocenters. The van der Waals surface area contributed by atoms with Crippen molar-refractivity contribution >= 4 is 0 Å². The monoisotopic (exact) mass is 259 g/mol. The molecule has 0 amide bonds. The highest BCUT2D eigenvalue weighted by Gasteiger charge is 2.15. The highest BCUT2D eigenvalue weighted by atomic mass is 16.7. The molecule has 1 aliphatic heterocycles. The summed E-state index contributed by atoms with van der Waals surface area (Å²) in [6.07, 6.45) is 0.880. The SMILES string of the molecule is OC(COc1ccc2c(c1)OCO2)c1ccccn1. The summed E-state index contributed by atoms with van der Waals surface area (Å²) in [5, 5.41) is 9.93. The second-order valence-corrected chi connectivity index (χ2v) is 4.10. The third kappa shape index (κ3) is 2.61. The normalized spacial score (nSPS) is 14.2. The van der Waals surface area contributed by atoms with Crippen molar-refractivity contribution < 1.29 is 19.3 Å². The van der Waals surface area contributed by atoms with E-state index in [0.717, 1.165) is 0 Å². The van der Waals surface area contributed by atoms with Crippen LogP contribution in [-0.4, -0.2) is 23.5 Å². The summed E-state index contributed by atoms with van der Waals surface area (Å²) >= 11 is 0. The zero-order chi connectivity index (χ0) is 13.1. The highest BCUT2D eigenvalue weighted by Crippen LogP contribution is 2.35. The van der Waals surface area contributed by atoms with Crippen molar-refractivity contribution in [3.8, 4) is 17.2 Å². The Hall–Kier alpha value is -2.27. The van der Waals surface area contributed by atoms with Gasteiger partial charge >= 0.3 is 0 Å². The van der Waals surface area contributed by atoms with Crippen molar-refractivity contribution in [1.82, 2.24) is 4.98 Å². The average molecular weight is 259 g/mol. The van der Waals surface area contributed by atoms with Gasteiger partial charge in [-0.05, 0) is 24.3 Å². The summed E-state index contributed by atoms with van der Waals surface area (Å²) in [7, 11) is 0. The minimum atomic E-state index is -0.758. The molecule has 1 aromatic carbocycles. The predicted molar refractivity (Wildman–Crippen MR) is 67.3 cm³/mol. The van der Waals surface area contributed by atoms with Crippen LogP contribution in [0.25, 0.3) is 0 Å². The maximum atomic E-state index is 9.93. The Bertz CT molecular complexity index is 559. The van der Waals surface area contributed by atoms with Gasteiger partial charge in [0.25, 0.3) is 0 Å². The number of aromatic nitrogens is 1. The van der Waals surface area contributed by atoms with Gasteiger partial charge in [-0.25, -0.2) is 0 Å². The molecule has 19 heavy (non-hydrogen) atoms. The van der Waals surface area contributed by atoms with Crippen LogP contribution in [0.4, 0.5) is 0 Å². The first-order valence-electron chi connectivity index (χ1n) is 5.94. The Balaban J connectivity index is 1.63. The second kappa shape index (κ2) is 5.16. The summed E-state index contributed by atoms with van der Waals surface area (Å²) in [6, 6.07) is 10.7. The van der Waals surface area contributed by atoms with Crippen molar-refractivity contribution in [3.63, 3.8) is 0 Å². The molecule has 0 radical (unpaired) electrons. The van der Waals surface area contributed by atoms with E-state index >= 15 is 0 Å². The molecule has 1 aromatic heterocycles. The maximum Gasteiger partial charge on any atom is 0.231 e. The van der Waals surface area contributed by atoms with Gasteiger partial charge in [0.05, 0.1) is 5.69 Å². The molecule has 0 saturated heterocycles. The van der Waals surface area contributed by atoms with Gasteiger partial charge in [0.15, 0.2) is 11.5 Å². The Kier molecular flexibility index (Phi) is 3.20. The standard InChI is InChI=1S/C14H13NO4/c16-12(11-3-1-2-6-15-11)8-17-10-4-5-13-14(7-10)19-9-18-13/h1-7,12,16H,8-9H2. The van der Waals surface area contributed by atoms with Crippen LogP contribution in [0.15, 0.2) is 42.6 Å². The van der Waals surface area contributed by atoms with Gasteiger partial charge in [-0.2, -0.15) is 0 Å². The second-order valence-electron chi connectivity index (χ2n) is 4.10. The number of nitrogens with zero attached hydrogens (tertiary/aromatic N) is 1. The number of rotatable bonds is 4. The van der Waals surface area contributed by atoms with Gasteiger partial charge in [0, 0.05) is 12.3 Å². The smallest absolute Gasteiger partial charge is 0.231 e. The number of benzene rings is 1. The van der Waals surface area contributed by atoms with Crippen molar-refractivity contribution in [2.24, 2.45) is 0 Å².